The molecule has 4 aromatic rings. The minimum absolute atomic E-state index is 0.282. The third kappa shape index (κ3) is 4.55. The van der Waals surface area contributed by atoms with E-state index in [4.69, 9.17) is 0 Å². The highest BCUT2D eigenvalue weighted by atomic mass is 19.4. The molecule has 0 unspecified atom stereocenters. The van der Waals surface area contributed by atoms with Crippen LogP contribution in [-0.4, -0.2) is 32.2 Å². The van der Waals surface area contributed by atoms with Crippen LogP contribution in [0, 0.1) is 6.92 Å². The molecule has 0 aliphatic rings. The Labute approximate surface area is 184 Å². The Morgan fingerprint density at radius 2 is 1.66 bits per heavy atom. The molecule has 0 saturated heterocycles. The van der Waals surface area contributed by atoms with E-state index < -0.39 is 11.7 Å². The van der Waals surface area contributed by atoms with Crippen LogP contribution in [0.4, 0.5) is 13.2 Å². The Balaban J connectivity index is 1.74. The summed E-state index contributed by atoms with van der Waals surface area (Å²) in [5.74, 6) is 0.583. The summed E-state index contributed by atoms with van der Waals surface area (Å²) in [5.41, 5.74) is 2.68. The predicted molar refractivity (Wildman–Crippen MR) is 115 cm³/mol. The molecule has 0 amide bonds. The first-order valence-electron chi connectivity index (χ1n) is 10.1. The second kappa shape index (κ2) is 8.92. The van der Waals surface area contributed by atoms with Gasteiger partial charge in [-0.15, -0.1) is 5.10 Å². The Bertz CT molecular complexity index is 1190. The van der Waals surface area contributed by atoms with Crippen molar-refractivity contribution in [2.45, 2.75) is 25.7 Å². The number of nitrogens with zero attached hydrogens (tertiary/aromatic N) is 5. The first-order chi connectivity index (χ1) is 15.3. The molecule has 0 radical (unpaired) electrons. The molecule has 32 heavy (non-hydrogen) atoms. The lowest BCUT2D eigenvalue weighted by Crippen LogP contribution is -2.28. The molecule has 0 aliphatic carbocycles. The van der Waals surface area contributed by atoms with Crippen molar-refractivity contribution in [2.24, 2.45) is 0 Å². The quantitative estimate of drug-likeness (QED) is 0.415. The van der Waals surface area contributed by atoms with Gasteiger partial charge in [0.05, 0.1) is 17.3 Å². The second-order valence-corrected chi connectivity index (χ2v) is 7.66. The summed E-state index contributed by atoms with van der Waals surface area (Å²) in [5, 5.41) is 12.4. The monoisotopic (exact) mass is 437 g/mol. The number of hydrogen-bond acceptors (Lipinski definition) is 4. The smallest absolute Gasteiger partial charge is 0.288 e. The van der Waals surface area contributed by atoms with Crippen LogP contribution < -0.4 is 0 Å². The van der Waals surface area contributed by atoms with Crippen molar-refractivity contribution in [3.05, 3.63) is 107 Å². The zero-order valence-corrected chi connectivity index (χ0v) is 17.7. The van der Waals surface area contributed by atoms with E-state index in [1.54, 1.807) is 10.7 Å². The lowest BCUT2D eigenvalue weighted by atomic mass is 10.0. The number of benzene rings is 3. The first-order valence-corrected chi connectivity index (χ1v) is 10.1. The van der Waals surface area contributed by atoms with Gasteiger partial charge in [0.2, 0.25) is 0 Å². The van der Waals surface area contributed by atoms with E-state index in [1.165, 1.54) is 12.1 Å². The first kappa shape index (κ1) is 21.7. The number of rotatable bonds is 6. The molecule has 164 valence electrons. The second-order valence-electron chi connectivity index (χ2n) is 7.66. The number of aryl methyl sites for hydroxylation is 1. The number of tetrazole rings is 1. The van der Waals surface area contributed by atoms with Gasteiger partial charge < -0.3 is 0 Å². The largest absolute Gasteiger partial charge is 0.416 e. The van der Waals surface area contributed by atoms with Crippen LogP contribution in [0.2, 0.25) is 0 Å². The molecule has 0 N–H and O–H groups in total. The average molecular weight is 437 g/mol. The lowest BCUT2D eigenvalue weighted by Gasteiger charge is -2.28. The van der Waals surface area contributed by atoms with Gasteiger partial charge in [0.25, 0.3) is 0 Å². The Morgan fingerprint density at radius 1 is 0.938 bits per heavy atom. The molecule has 0 spiro atoms. The van der Waals surface area contributed by atoms with Gasteiger partial charge in [-0.25, -0.2) is 0 Å². The summed E-state index contributed by atoms with van der Waals surface area (Å²) in [6.07, 6.45) is -4.39. The van der Waals surface area contributed by atoms with Gasteiger partial charge in [0.1, 0.15) is 0 Å². The van der Waals surface area contributed by atoms with Gasteiger partial charge in [0, 0.05) is 6.54 Å². The molecular weight excluding hydrogens is 415 g/mol. The van der Waals surface area contributed by atoms with E-state index in [1.807, 2.05) is 73.5 Å². The topological polar surface area (TPSA) is 46.8 Å². The molecule has 4 rings (SSSR count). The Kier molecular flexibility index (Phi) is 6.05. The molecule has 3 aromatic carbocycles. The third-order valence-electron chi connectivity index (χ3n) is 5.32. The molecule has 5 nitrogen and oxygen atoms in total. The molecule has 0 fully saturated rings. The number of halogens is 3. The fourth-order valence-electron chi connectivity index (χ4n) is 3.80. The summed E-state index contributed by atoms with van der Waals surface area (Å²) in [4.78, 5) is 1.95. The summed E-state index contributed by atoms with van der Waals surface area (Å²) in [6.45, 7) is 2.26. The standard InChI is InChI=1S/C24H22F3N5/c1-17-9-6-7-14-21(17)32-23(28-29-30-32)22(19-11-4-3-5-12-19)31(2)16-18-10-8-13-20(15-18)24(25,26)27/h3-15,22H,16H2,1-2H3/t22-/m0/s1. The molecule has 1 aromatic heterocycles. The summed E-state index contributed by atoms with van der Waals surface area (Å²) in [6, 6.07) is 22.5. The maximum absolute atomic E-state index is 13.2. The maximum Gasteiger partial charge on any atom is 0.416 e. The van der Waals surface area contributed by atoms with E-state index >= 15 is 0 Å². The zero-order chi connectivity index (χ0) is 22.7. The fourth-order valence-corrected chi connectivity index (χ4v) is 3.80. The average Bonchev–Trinajstić information content (AvgIpc) is 3.23. The van der Waals surface area contributed by atoms with Crippen molar-refractivity contribution >= 4 is 0 Å². The van der Waals surface area contributed by atoms with Gasteiger partial charge >= 0.3 is 6.18 Å². The minimum atomic E-state index is -4.39. The van der Waals surface area contributed by atoms with Gasteiger partial charge in [-0.1, -0.05) is 66.7 Å². The van der Waals surface area contributed by atoms with Crippen LogP contribution in [0.25, 0.3) is 5.69 Å². The molecular formula is C24H22F3N5. The molecule has 1 atom stereocenters. The van der Waals surface area contributed by atoms with Crippen molar-refractivity contribution < 1.29 is 13.2 Å². The van der Waals surface area contributed by atoms with Gasteiger partial charge in [0.15, 0.2) is 5.82 Å². The van der Waals surface area contributed by atoms with E-state index in [0.29, 0.717) is 11.4 Å². The molecule has 0 bridgehead atoms. The molecule has 0 saturated carbocycles. The van der Waals surface area contributed by atoms with Gasteiger partial charge in [-0.3, -0.25) is 4.90 Å². The zero-order valence-electron chi connectivity index (χ0n) is 17.7. The molecule has 0 aliphatic heterocycles. The molecule has 1 heterocycles. The van der Waals surface area contributed by atoms with Crippen molar-refractivity contribution in [3.63, 3.8) is 0 Å². The third-order valence-corrected chi connectivity index (χ3v) is 5.32. The number of alkyl halides is 3. The highest BCUT2D eigenvalue weighted by Crippen LogP contribution is 2.32. The highest BCUT2D eigenvalue weighted by molar-refractivity contribution is 5.41. The fraction of sp³-hybridized carbons (Fsp3) is 0.208. The van der Waals surface area contributed by atoms with Crippen molar-refractivity contribution in [2.75, 3.05) is 7.05 Å². The van der Waals surface area contributed by atoms with Crippen LogP contribution in [0.5, 0.6) is 0 Å². The van der Waals surface area contributed by atoms with Crippen LogP contribution in [0.15, 0.2) is 78.9 Å². The molecule has 8 heteroatoms. The van der Waals surface area contributed by atoms with Crippen LogP contribution >= 0.6 is 0 Å². The van der Waals surface area contributed by atoms with E-state index in [2.05, 4.69) is 15.5 Å². The predicted octanol–water partition coefficient (Wildman–Crippen LogP) is 5.21. The highest BCUT2D eigenvalue weighted by Gasteiger charge is 2.31. The van der Waals surface area contributed by atoms with Gasteiger partial charge in [-0.2, -0.15) is 17.9 Å². The van der Waals surface area contributed by atoms with E-state index in [0.717, 1.165) is 22.9 Å². The van der Waals surface area contributed by atoms with E-state index in [9.17, 15) is 13.2 Å². The number of para-hydroxylation sites is 1. The summed E-state index contributed by atoms with van der Waals surface area (Å²) >= 11 is 0. The van der Waals surface area contributed by atoms with Crippen molar-refractivity contribution in [3.8, 4) is 5.69 Å². The van der Waals surface area contributed by atoms with Crippen LogP contribution in [0.3, 0.4) is 0 Å². The number of hydrogen-bond donors (Lipinski definition) is 0. The van der Waals surface area contributed by atoms with Crippen LogP contribution in [0.1, 0.15) is 34.1 Å². The lowest BCUT2D eigenvalue weighted by molar-refractivity contribution is -0.137. The Hall–Kier alpha value is -3.52. The summed E-state index contributed by atoms with van der Waals surface area (Å²) < 4.78 is 41.3. The van der Waals surface area contributed by atoms with Crippen molar-refractivity contribution in [1.29, 1.82) is 0 Å². The maximum atomic E-state index is 13.2. The normalized spacial score (nSPS) is 12.8. The van der Waals surface area contributed by atoms with Crippen molar-refractivity contribution in [1.82, 2.24) is 25.1 Å². The number of aromatic nitrogens is 4. The van der Waals surface area contributed by atoms with Gasteiger partial charge in [-0.05, 0) is 53.2 Å². The SMILES string of the molecule is Cc1ccccc1-n1nnnc1[C@H](c1ccccc1)N(C)Cc1cccc(C(F)(F)F)c1. The minimum Gasteiger partial charge on any atom is -0.288 e. The summed E-state index contributed by atoms with van der Waals surface area (Å²) in [7, 11) is 1.86. The van der Waals surface area contributed by atoms with Crippen LogP contribution in [-0.2, 0) is 12.7 Å². The Morgan fingerprint density at radius 3 is 2.38 bits per heavy atom. The van der Waals surface area contributed by atoms with E-state index in [-0.39, 0.29) is 12.6 Å².